The van der Waals surface area contributed by atoms with Crippen LogP contribution in [0.4, 0.5) is 0 Å². The zero-order chi connectivity index (χ0) is 24.9. The van der Waals surface area contributed by atoms with E-state index in [1.807, 2.05) is 18.2 Å². The molecule has 0 heterocycles. The number of hydrogen-bond donors (Lipinski definition) is 1. The Morgan fingerprint density at radius 1 is 0.971 bits per heavy atom. The van der Waals surface area contributed by atoms with Crippen LogP contribution in [0.15, 0.2) is 71.6 Å². The highest BCUT2D eigenvalue weighted by atomic mass is 35.5. The lowest BCUT2D eigenvalue weighted by Gasteiger charge is -2.24. The van der Waals surface area contributed by atoms with Gasteiger partial charge in [0.05, 0.1) is 24.6 Å². The van der Waals surface area contributed by atoms with Crippen LogP contribution in [-0.4, -0.2) is 32.3 Å². The van der Waals surface area contributed by atoms with Gasteiger partial charge in [-0.1, -0.05) is 59.1 Å². The van der Waals surface area contributed by atoms with Crippen LogP contribution in [-0.2, 0) is 21.4 Å². The van der Waals surface area contributed by atoms with Crippen LogP contribution in [0.2, 0.25) is 15.1 Å². The number of carbonyl (C=O) groups is 1. The molecule has 10 heteroatoms. The van der Waals surface area contributed by atoms with Gasteiger partial charge < -0.3 is 10.1 Å². The third-order valence-corrected chi connectivity index (χ3v) is 7.92. The van der Waals surface area contributed by atoms with Gasteiger partial charge in [-0.05, 0) is 49.4 Å². The van der Waals surface area contributed by atoms with E-state index in [1.165, 1.54) is 24.3 Å². The molecule has 180 valence electrons. The summed E-state index contributed by atoms with van der Waals surface area (Å²) in [5.74, 6) is 0.114. The summed E-state index contributed by atoms with van der Waals surface area (Å²) < 4.78 is 33.3. The monoisotopic (exact) mass is 540 g/mol. The minimum absolute atomic E-state index is 0.00865. The highest BCUT2D eigenvalue weighted by Gasteiger charge is 2.29. The number of sulfonamides is 1. The van der Waals surface area contributed by atoms with Crippen molar-refractivity contribution in [2.24, 2.45) is 0 Å². The second-order valence-corrected chi connectivity index (χ2v) is 10.6. The molecule has 3 rings (SSSR count). The molecule has 0 aliphatic heterocycles. The number of hydrogen-bond acceptors (Lipinski definition) is 4. The van der Waals surface area contributed by atoms with Gasteiger partial charge in [0.15, 0.2) is 0 Å². The van der Waals surface area contributed by atoms with E-state index in [-0.39, 0.29) is 11.4 Å². The van der Waals surface area contributed by atoms with Crippen molar-refractivity contribution in [2.45, 2.75) is 24.4 Å². The number of halogens is 3. The van der Waals surface area contributed by atoms with E-state index >= 15 is 0 Å². The fourth-order valence-corrected chi connectivity index (χ4v) is 5.40. The van der Waals surface area contributed by atoms with Crippen LogP contribution in [0.25, 0.3) is 0 Å². The molecule has 0 bridgehead atoms. The molecule has 0 unspecified atom stereocenters. The highest BCUT2D eigenvalue weighted by molar-refractivity contribution is 7.89. The van der Waals surface area contributed by atoms with Crippen molar-refractivity contribution in [1.29, 1.82) is 0 Å². The average Bonchev–Trinajstić information content (AvgIpc) is 2.80. The smallest absolute Gasteiger partial charge is 0.243 e. The molecular formula is C24H23Cl3N2O4S. The van der Waals surface area contributed by atoms with Crippen LogP contribution >= 0.6 is 34.8 Å². The maximum absolute atomic E-state index is 13.5. The van der Waals surface area contributed by atoms with Gasteiger partial charge in [0.25, 0.3) is 0 Å². The predicted molar refractivity (Wildman–Crippen MR) is 135 cm³/mol. The molecule has 3 aromatic rings. The number of benzene rings is 3. The Hall–Kier alpha value is -2.29. The number of nitrogens with one attached hydrogen (secondary N) is 1. The Kier molecular flexibility index (Phi) is 8.84. The Morgan fingerprint density at radius 2 is 1.59 bits per heavy atom. The van der Waals surface area contributed by atoms with Gasteiger partial charge >= 0.3 is 0 Å². The Morgan fingerprint density at radius 3 is 2.21 bits per heavy atom. The summed E-state index contributed by atoms with van der Waals surface area (Å²) >= 11 is 18.5. The Balaban J connectivity index is 1.90. The number of methoxy groups -OCH3 is 1. The first kappa shape index (κ1) is 26.3. The normalized spacial score (nSPS) is 12.4. The third-order valence-electron chi connectivity index (χ3n) is 5.15. The van der Waals surface area contributed by atoms with E-state index in [0.29, 0.717) is 26.4 Å². The maximum atomic E-state index is 13.5. The average molecular weight is 542 g/mol. The van der Waals surface area contributed by atoms with Crippen LogP contribution in [0.5, 0.6) is 5.75 Å². The molecule has 0 saturated heterocycles. The molecule has 0 aliphatic carbocycles. The molecule has 1 atom stereocenters. The highest BCUT2D eigenvalue weighted by Crippen LogP contribution is 2.29. The summed E-state index contributed by atoms with van der Waals surface area (Å²) in [4.78, 5) is 13.0. The van der Waals surface area contributed by atoms with Crippen molar-refractivity contribution in [3.8, 4) is 5.75 Å². The van der Waals surface area contributed by atoms with E-state index < -0.39 is 28.5 Å². The molecule has 3 aromatic carbocycles. The number of ether oxygens (including phenoxy) is 1. The Labute approximate surface area is 214 Å². The van der Waals surface area contributed by atoms with Gasteiger partial charge in [0, 0.05) is 32.7 Å². The van der Waals surface area contributed by atoms with Crippen molar-refractivity contribution in [2.75, 3.05) is 13.7 Å². The summed E-state index contributed by atoms with van der Waals surface area (Å²) in [6.07, 6.45) is 0. The van der Waals surface area contributed by atoms with Crippen molar-refractivity contribution in [3.63, 3.8) is 0 Å². The second kappa shape index (κ2) is 11.4. The fraction of sp³-hybridized carbons (Fsp3) is 0.208. The zero-order valence-corrected chi connectivity index (χ0v) is 21.5. The molecule has 0 radical (unpaired) electrons. The van der Waals surface area contributed by atoms with E-state index in [0.717, 1.165) is 9.87 Å². The summed E-state index contributed by atoms with van der Waals surface area (Å²) in [6, 6.07) is 17.4. The van der Waals surface area contributed by atoms with Gasteiger partial charge in [0.1, 0.15) is 5.75 Å². The summed E-state index contributed by atoms with van der Waals surface area (Å²) in [5, 5.41) is 3.82. The number of amides is 1. The Bertz CT molecular complexity index is 1250. The number of para-hydroxylation sites is 1. The van der Waals surface area contributed by atoms with E-state index in [2.05, 4.69) is 5.32 Å². The lowest BCUT2D eigenvalue weighted by Crippen LogP contribution is -2.41. The van der Waals surface area contributed by atoms with Crippen molar-refractivity contribution in [1.82, 2.24) is 9.62 Å². The van der Waals surface area contributed by atoms with Crippen molar-refractivity contribution < 1.29 is 17.9 Å². The largest absolute Gasteiger partial charge is 0.496 e. The molecule has 1 amide bonds. The third kappa shape index (κ3) is 6.23. The van der Waals surface area contributed by atoms with E-state index in [9.17, 15) is 13.2 Å². The minimum Gasteiger partial charge on any atom is -0.496 e. The molecule has 0 fully saturated rings. The lowest BCUT2D eigenvalue weighted by atomic mass is 10.1. The quantitative estimate of drug-likeness (QED) is 0.376. The lowest BCUT2D eigenvalue weighted by molar-refractivity contribution is -0.122. The molecule has 1 N–H and O–H groups in total. The summed E-state index contributed by atoms with van der Waals surface area (Å²) in [5.41, 5.74) is 1.16. The minimum atomic E-state index is -4.09. The van der Waals surface area contributed by atoms with Crippen LogP contribution in [0.3, 0.4) is 0 Å². The van der Waals surface area contributed by atoms with Gasteiger partial charge in [0.2, 0.25) is 15.9 Å². The number of rotatable bonds is 9. The summed E-state index contributed by atoms with van der Waals surface area (Å²) in [6.45, 7) is 1.14. The van der Waals surface area contributed by atoms with Crippen LogP contribution in [0.1, 0.15) is 24.1 Å². The number of nitrogens with zero attached hydrogens (tertiary/aromatic N) is 1. The summed E-state index contributed by atoms with van der Waals surface area (Å²) in [7, 11) is -2.54. The number of carbonyl (C=O) groups excluding carboxylic acids is 1. The first-order valence-corrected chi connectivity index (χ1v) is 12.8. The SMILES string of the molecule is COc1ccccc1[C@@H](C)NC(=O)CN(Cc1c(Cl)cccc1Cl)S(=O)(=O)c1ccc(Cl)cc1. The molecule has 34 heavy (non-hydrogen) atoms. The van der Waals surface area contributed by atoms with Crippen LogP contribution in [0, 0.1) is 0 Å². The van der Waals surface area contributed by atoms with Crippen molar-refractivity contribution >= 4 is 50.7 Å². The van der Waals surface area contributed by atoms with Gasteiger partial charge in [-0.3, -0.25) is 4.79 Å². The first-order valence-electron chi connectivity index (χ1n) is 10.2. The van der Waals surface area contributed by atoms with E-state index in [1.54, 1.807) is 38.3 Å². The molecule has 0 aromatic heterocycles. The van der Waals surface area contributed by atoms with E-state index in [4.69, 9.17) is 39.5 Å². The predicted octanol–water partition coefficient (Wildman–Crippen LogP) is 5.72. The maximum Gasteiger partial charge on any atom is 0.243 e. The van der Waals surface area contributed by atoms with Crippen molar-refractivity contribution in [3.05, 3.63) is 92.9 Å². The molecule has 6 nitrogen and oxygen atoms in total. The standard InChI is InChI=1S/C24H23Cl3N2O4S/c1-16(19-6-3-4-9-23(19)33-2)28-24(30)15-29(14-20-21(26)7-5-8-22(20)27)34(31,32)18-12-10-17(25)11-13-18/h3-13,16H,14-15H2,1-2H3,(H,28,30)/t16-/m1/s1. The van der Waals surface area contributed by atoms with Crippen LogP contribution < -0.4 is 10.1 Å². The second-order valence-electron chi connectivity index (χ2n) is 7.46. The molecule has 0 saturated carbocycles. The fourth-order valence-electron chi connectivity index (χ4n) is 3.39. The topological polar surface area (TPSA) is 75.7 Å². The molecule has 0 aliphatic rings. The first-order chi connectivity index (χ1) is 16.1. The van der Waals surface area contributed by atoms with Gasteiger partial charge in [-0.2, -0.15) is 4.31 Å². The van der Waals surface area contributed by atoms with Gasteiger partial charge in [-0.25, -0.2) is 8.42 Å². The zero-order valence-electron chi connectivity index (χ0n) is 18.5. The molecule has 0 spiro atoms. The van der Waals surface area contributed by atoms with Gasteiger partial charge in [-0.15, -0.1) is 0 Å². The molecular weight excluding hydrogens is 519 g/mol.